The maximum Gasteiger partial charge on any atom is 0.209 e. The summed E-state index contributed by atoms with van der Waals surface area (Å²) in [6.07, 6.45) is 0. The van der Waals surface area contributed by atoms with Gasteiger partial charge in [-0.2, -0.15) is 5.26 Å². The van der Waals surface area contributed by atoms with Gasteiger partial charge in [0.25, 0.3) is 0 Å². The Hall–Kier alpha value is -2.86. The van der Waals surface area contributed by atoms with Gasteiger partial charge in [-0.05, 0) is 25.1 Å². The number of hydrogen-bond acceptors (Lipinski definition) is 2. The lowest BCUT2D eigenvalue weighted by Crippen LogP contribution is -2.06. The Morgan fingerprint density at radius 2 is 1.85 bits per heavy atom. The van der Waals surface area contributed by atoms with Gasteiger partial charge in [0.2, 0.25) is 5.78 Å². The number of benzene rings is 1. The minimum Gasteiger partial charge on any atom is -0.310 e. The molecule has 0 aliphatic rings. The van der Waals surface area contributed by atoms with Crippen LogP contribution in [0.25, 0.3) is 5.52 Å². The second-order valence-electron chi connectivity index (χ2n) is 4.64. The number of carbonyl (C=O) groups excluding carboxylic acids is 1. The molecule has 0 spiro atoms. The van der Waals surface area contributed by atoms with E-state index in [9.17, 15) is 10.1 Å². The third-order valence-corrected chi connectivity index (χ3v) is 3.37. The second-order valence-corrected chi connectivity index (χ2v) is 4.64. The van der Waals surface area contributed by atoms with Crippen molar-refractivity contribution in [3.63, 3.8) is 0 Å². The molecule has 0 atom stereocenters. The molecule has 2 aromatic heterocycles. The van der Waals surface area contributed by atoms with E-state index in [-0.39, 0.29) is 5.78 Å². The quantitative estimate of drug-likeness (QED) is 0.663. The zero-order chi connectivity index (χ0) is 14.1. The number of aromatic nitrogens is 1. The molecule has 0 saturated heterocycles. The Balaban J connectivity index is 2.28. The summed E-state index contributed by atoms with van der Waals surface area (Å²) in [5.41, 5.74) is 3.38. The molecule has 0 unspecified atom stereocenters. The van der Waals surface area contributed by atoms with Crippen molar-refractivity contribution in [2.45, 2.75) is 6.92 Å². The molecule has 3 rings (SSSR count). The fraction of sp³-hybridized carbons (Fsp3) is 0.0588. The highest BCUT2D eigenvalue weighted by Crippen LogP contribution is 2.21. The first-order valence-corrected chi connectivity index (χ1v) is 6.33. The summed E-state index contributed by atoms with van der Waals surface area (Å²) in [7, 11) is 0. The maximum atomic E-state index is 12.6. The van der Waals surface area contributed by atoms with Crippen LogP contribution in [0.1, 0.15) is 27.3 Å². The highest BCUT2D eigenvalue weighted by atomic mass is 16.1. The first-order chi connectivity index (χ1) is 9.72. The highest BCUT2D eigenvalue weighted by molar-refractivity contribution is 6.09. The molecule has 96 valence electrons. The Bertz CT molecular complexity index is 839. The van der Waals surface area contributed by atoms with E-state index in [2.05, 4.69) is 6.07 Å². The van der Waals surface area contributed by atoms with Crippen LogP contribution in [-0.2, 0) is 0 Å². The SMILES string of the molecule is Cc1cccc2c(C#N)cc(C(=O)c3ccccc3)n12. The number of hydrogen-bond donors (Lipinski definition) is 0. The summed E-state index contributed by atoms with van der Waals surface area (Å²) in [6.45, 7) is 1.93. The molecule has 3 nitrogen and oxygen atoms in total. The van der Waals surface area contributed by atoms with E-state index in [4.69, 9.17) is 0 Å². The van der Waals surface area contributed by atoms with Gasteiger partial charge in [0.15, 0.2) is 0 Å². The third-order valence-electron chi connectivity index (χ3n) is 3.37. The van der Waals surface area contributed by atoms with Crippen molar-refractivity contribution >= 4 is 11.3 Å². The average molecular weight is 260 g/mol. The van der Waals surface area contributed by atoms with Crippen LogP contribution in [-0.4, -0.2) is 10.2 Å². The smallest absolute Gasteiger partial charge is 0.209 e. The Morgan fingerprint density at radius 1 is 1.10 bits per heavy atom. The summed E-state index contributed by atoms with van der Waals surface area (Å²) in [6, 6.07) is 18.6. The van der Waals surface area contributed by atoms with Gasteiger partial charge < -0.3 is 4.40 Å². The first kappa shape index (κ1) is 12.2. The average Bonchev–Trinajstić information content (AvgIpc) is 2.87. The lowest BCUT2D eigenvalue weighted by molar-refractivity contribution is 0.103. The van der Waals surface area contributed by atoms with Gasteiger partial charge in [-0.3, -0.25) is 4.79 Å². The summed E-state index contributed by atoms with van der Waals surface area (Å²) in [5, 5.41) is 9.22. The van der Waals surface area contributed by atoms with Gasteiger partial charge in [-0.25, -0.2) is 0 Å². The number of aryl methyl sites for hydroxylation is 1. The molecular formula is C17H12N2O. The van der Waals surface area contributed by atoms with E-state index in [0.29, 0.717) is 16.8 Å². The topological polar surface area (TPSA) is 45.3 Å². The van der Waals surface area contributed by atoms with E-state index in [0.717, 1.165) is 11.2 Å². The van der Waals surface area contributed by atoms with Crippen molar-refractivity contribution in [1.82, 2.24) is 4.40 Å². The molecule has 0 amide bonds. The Kier molecular flexibility index (Phi) is 2.85. The molecule has 0 aliphatic carbocycles. The minimum absolute atomic E-state index is 0.0728. The summed E-state index contributed by atoms with van der Waals surface area (Å²) < 4.78 is 1.84. The first-order valence-electron chi connectivity index (χ1n) is 6.33. The van der Waals surface area contributed by atoms with Crippen LogP contribution in [0.2, 0.25) is 0 Å². The summed E-state index contributed by atoms with van der Waals surface area (Å²) in [4.78, 5) is 12.6. The van der Waals surface area contributed by atoms with Crippen molar-refractivity contribution in [1.29, 1.82) is 5.26 Å². The van der Waals surface area contributed by atoms with Gasteiger partial charge in [0.05, 0.1) is 16.8 Å². The van der Waals surface area contributed by atoms with Gasteiger partial charge in [-0.15, -0.1) is 0 Å². The molecule has 20 heavy (non-hydrogen) atoms. The molecule has 0 aliphatic heterocycles. The lowest BCUT2D eigenvalue weighted by atomic mass is 10.1. The molecule has 3 heteroatoms. The molecule has 0 fully saturated rings. The molecule has 0 radical (unpaired) electrons. The van der Waals surface area contributed by atoms with Crippen molar-refractivity contribution in [3.05, 3.63) is 77.1 Å². The number of fused-ring (bicyclic) bond motifs is 1. The second kappa shape index (κ2) is 4.67. The number of rotatable bonds is 2. The fourth-order valence-electron chi connectivity index (χ4n) is 2.42. The van der Waals surface area contributed by atoms with Gasteiger partial charge >= 0.3 is 0 Å². The predicted molar refractivity (Wildman–Crippen MR) is 76.7 cm³/mol. The summed E-state index contributed by atoms with van der Waals surface area (Å²) in [5.74, 6) is -0.0728. The van der Waals surface area contributed by atoms with E-state index in [1.54, 1.807) is 18.2 Å². The number of nitriles is 1. The third kappa shape index (κ3) is 1.79. The number of ketones is 1. The normalized spacial score (nSPS) is 10.4. The predicted octanol–water partition coefficient (Wildman–Crippen LogP) is 3.35. The standard InChI is InChI=1S/C17H12N2O/c1-12-6-5-9-15-14(11-18)10-16(19(12)15)17(20)13-7-3-2-4-8-13/h2-10H,1H3. The molecule has 0 bridgehead atoms. The molecular weight excluding hydrogens is 248 g/mol. The largest absolute Gasteiger partial charge is 0.310 e. The van der Waals surface area contributed by atoms with Crippen LogP contribution >= 0.6 is 0 Å². The van der Waals surface area contributed by atoms with Gasteiger partial charge in [0.1, 0.15) is 6.07 Å². The molecule has 0 saturated carbocycles. The number of carbonyl (C=O) groups is 1. The molecule has 0 N–H and O–H groups in total. The van der Waals surface area contributed by atoms with Crippen LogP contribution in [0.3, 0.4) is 0 Å². The fourth-order valence-corrected chi connectivity index (χ4v) is 2.42. The lowest BCUT2D eigenvalue weighted by Gasteiger charge is -2.05. The van der Waals surface area contributed by atoms with Crippen LogP contribution < -0.4 is 0 Å². The van der Waals surface area contributed by atoms with E-state index in [1.165, 1.54) is 0 Å². The van der Waals surface area contributed by atoms with Crippen molar-refractivity contribution in [2.75, 3.05) is 0 Å². The van der Waals surface area contributed by atoms with E-state index < -0.39 is 0 Å². The van der Waals surface area contributed by atoms with Crippen LogP contribution in [0.15, 0.2) is 54.6 Å². The van der Waals surface area contributed by atoms with Crippen LogP contribution in [0.5, 0.6) is 0 Å². The number of nitrogens with zero attached hydrogens (tertiary/aromatic N) is 2. The van der Waals surface area contributed by atoms with E-state index >= 15 is 0 Å². The van der Waals surface area contributed by atoms with Crippen molar-refractivity contribution in [3.8, 4) is 6.07 Å². The molecule has 1 aromatic carbocycles. The van der Waals surface area contributed by atoms with Gasteiger partial charge in [0, 0.05) is 11.3 Å². The van der Waals surface area contributed by atoms with Gasteiger partial charge in [-0.1, -0.05) is 36.4 Å². The van der Waals surface area contributed by atoms with E-state index in [1.807, 2.05) is 47.7 Å². The minimum atomic E-state index is -0.0728. The van der Waals surface area contributed by atoms with Crippen LogP contribution in [0.4, 0.5) is 0 Å². The van der Waals surface area contributed by atoms with Crippen molar-refractivity contribution in [2.24, 2.45) is 0 Å². The van der Waals surface area contributed by atoms with Crippen LogP contribution in [0, 0.1) is 18.3 Å². The number of pyridine rings is 1. The molecule has 3 aromatic rings. The highest BCUT2D eigenvalue weighted by Gasteiger charge is 2.17. The monoisotopic (exact) mass is 260 g/mol. The van der Waals surface area contributed by atoms with Crippen molar-refractivity contribution < 1.29 is 4.79 Å². The Morgan fingerprint density at radius 3 is 2.55 bits per heavy atom. The summed E-state index contributed by atoms with van der Waals surface area (Å²) >= 11 is 0. The zero-order valence-corrected chi connectivity index (χ0v) is 11.0. The Labute approximate surface area is 116 Å². The zero-order valence-electron chi connectivity index (χ0n) is 11.0. The maximum absolute atomic E-state index is 12.6. The molecule has 2 heterocycles.